The summed E-state index contributed by atoms with van der Waals surface area (Å²) in [5.74, 6) is 0.340. The molecule has 0 spiro atoms. The molecule has 0 radical (unpaired) electrons. The summed E-state index contributed by atoms with van der Waals surface area (Å²) < 4.78 is 5.92. The fourth-order valence-corrected chi connectivity index (χ4v) is 1.50. The number of hydrogen-bond acceptors (Lipinski definition) is 2. The minimum Gasteiger partial charge on any atom is -0.449 e. The Kier molecular flexibility index (Phi) is 4.80. The monoisotopic (exact) mass is 285 g/mol. The van der Waals surface area contributed by atoms with Gasteiger partial charge in [0.05, 0.1) is 12.3 Å². The molecule has 88 valence electrons. The lowest BCUT2D eigenvalue weighted by Gasteiger charge is -2.10. The first-order chi connectivity index (χ1) is 7.50. The second-order valence-corrected chi connectivity index (χ2v) is 4.85. The Hall–Kier alpha value is -1.03. The number of hydrogen-bond donors (Lipinski definition) is 1. The molecule has 3 nitrogen and oxygen atoms in total. The zero-order chi connectivity index (χ0) is 12.1. The average Bonchev–Trinajstić information content (AvgIpc) is 2.22. The van der Waals surface area contributed by atoms with E-state index in [1.165, 1.54) is 0 Å². The van der Waals surface area contributed by atoms with Gasteiger partial charge in [-0.3, -0.25) is 5.32 Å². The highest BCUT2D eigenvalue weighted by molar-refractivity contribution is 9.10. The second kappa shape index (κ2) is 5.89. The lowest BCUT2D eigenvalue weighted by atomic mass is 10.2. The van der Waals surface area contributed by atoms with Crippen LogP contribution in [0.25, 0.3) is 0 Å². The van der Waals surface area contributed by atoms with E-state index in [2.05, 4.69) is 21.2 Å². The maximum absolute atomic E-state index is 11.4. The van der Waals surface area contributed by atoms with E-state index in [-0.39, 0.29) is 0 Å². The molecule has 1 aromatic carbocycles. The number of ether oxygens (including phenoxy) is 1. The molecule has 1 amide bonds. The van der Waals surface area contributed by atoms with Gasteiger partial charge in [-0.05, 0) is 40.4 Å². The van der Waals surface area contributed by atoms with E-state index in [1.807, 2.05) is 39.0 Å². The van der Waals surface area contributed by atoms with Crippen LogP contribution in [-0.4, -0.2) is 12.7 Å². The number of benzene rings is 1. The number of nitrogens with one attached hydrogen (secondary N) is 1. The quantitative estimate of drug-likeness (QED) is 0.913. The van der Waals surface area contributed by atoms with Gasteiger partial charge in [-0.25, -0.2) is 4.79 Å². The van der Waals surface area contributed by atoms with Crippen molar-refractivity contribution in [3.8, 4) is 0 Å². The Morgan fingerprint density at radius 1 is 1.50 bits per heavy atom. The van der Waals surface area contributed by atoms with Crippen molar-refractivity contribution in [3.63, 3.8) is 0 Å². The first-order valence-electron chi connectivity index (χ1n) is 5.19. The zero-order valence-electron chi connectivity index (χ0n) is 9.71. The lowest BCUT2D eigenvalue weighted by molar-refractivity contribution is 0.147. The van der Waals surface area contributed by atoms with Crippen LogP contribution in [0.2, 0.25) is 0 Å². The zero-order valence-corrected chi connectivity index (χ0v) is 11.3. The molecule has 0 fully saturated rings. The van der Waals surface area contributed by atoms with E-state index in [0.29, 0.717) is 12.5 Å². The maximum Gasteiger partial charge on any atom is 0.411 e. The molecule has 0 saturated heterocycles. The van der Waals surface area contributed by atoms with Crippen LogP contribution >= 0.6 is 15.9 Å². The van der Waals surface area contributed by atoms with Crippen LogP contribution in [0.5, 0.6) is 0 Å². The van der Waals surface area contributed by atoms with Gasteiger partial charge >= 0.3 is 6.09 Å². The molecule has 0 heterocycles. The first-order valence-corrected chi connectivity index (χ1v) is 5.99. The summed E-state index contributed by atoms with van der Waals surface area (Å²) >= 11 is 3.42. The smallest absolute Gasteiger partial charge is 0.411 e. The molecule has 0 unspecified atom stereocenters. The predicted molar refractivity (Wildman–Crippen MR) is 68.7 cm³/mol. The Labute approximate surface area is 104 Å². The molecule has 4 heteroatoms. The summed E-state index contributed by atoms with van der Waals surface area (Å²) in [6.45, 7) is 6.38. The average molecular weight is 286 g/mol. The van der Waals surface area contributed by atoms with E-state index in [9.17, 15) is 4.79 Å². The number of halogens is 1. The van der Waals surface area contributed by atoms with Crippen molar-refractivity contribution < 1.29 is 9.53 Å². The molecule has 1 aromatic rings. The van der Waals surface area contributed by atoms with Gasteiger partial charge in [0.25, 0.3) is 0 Å². The van der Waals surface area contributed by atoms with Gasteiger partial charge in [0, 0.05) is 4.47 Å². The Morgan fingerprint density at radius 3 is 2.81 bits per heavy atom. The summed E-state index contributed by atoms with van der Waals surface area (Å²) in [6.07, 6.45) is -0.417. The summed E-state index contributed by atoms with van der Waals surface area (Å²) in [7, 11) is 0. The molecular weight excluding hydrogens is 270 g/mol. The number of aryl methyl sites for hydroxylation is 1. The maximum atomic E-state index is 11.4. The first kappa shape index (κ1) is 13.0. The normalized spacial score (nSPS) is 10.3. The second-order valence-electron chi connectivity index (χ2n) is 4.05. The molecule has 0 bridgehead atoms. The minimum atomic E-state index is -0.417. The van der Waals surface area contributed by atoms with Gasteiger partial charge in [-0.15, -0.1) is 0 Å². The number of anilines is 1. The number of carbonyl (C=O) groups excluding carboxylic acids is 1. The molecule has 0 aliphatic heterocycles. The van der Waals surface area contributed by atoms with Crippen LogP contribution in [0.15, 0.2) is 22.7 Å². The van der Waals surface area contributed by atoms with Crippen molar-refractivity contribution >= 4 is 27.7 Å². The largest absolute Gasteiger partial charge is 0.449 e. The molecule has 1 N–H and O–H groups in total. The molecule has 0 aliphatic carbocycles. The summed E-state index contributed by atoms with van der Waals surface area (Å²) in [4.78, 5) is 11.4. The molecule has 16 heavy (non-hydrogen) atoms. The summed E-state index contributed by atoms with van der Waals surface area (Å²) in [5, 5.41) is 2.70. The van der Waals surface area contributed by atoms with Gasteiger partial charge < -0.3 is 4.74 Å². The van der Waals surface area contributed by atoms with E-state index >= 15 is 0 Å². The van der Waals surface area contributed by atoms with Crippen LogP contribution in [0.3, 0.4) is 0 Å². The molecular formula is C12H16BrNO2. The molecule has 1 rings (SSSR count). The Bertz CT molecular complexity index is 377. The predicted octanol–water partition coefficient (Wildman–Crippen LogP) is 3.96. The highest BCUT2D eigenvalue weighted by Gasteiger charge is 2.08. The van der Waals surface area contributed by atoms with Crippen LogP contribution in [0.1, 0.15) is 19.4 Å². The lowest BCUT2D eigenvalue weighted by Crippen LogP contribution is -2.16. The third-order valence-electron chi connectivity index (χ3n) is 1.98. The van der Waals surface area contributed by atoms with Crippen LogP contribution in [0, 0.1) is 12.8 Å². The minimum absolute atomic E-state index is 0.340. The van der Waals surface area contributed by atoms with Crippen LogP contribution in [0.4, 0.5) is 10.5 Å². The third kappa shape index (κ3) is 3.85. The van der Waals surface area contributed by atoms with Crippen LogP contribution < -0.4 is 5.32 Å². The number of carbonyl (C=O) groups is 1. The Morgan fingerprint density at radius 2 is 2.19 bits per heavy atom. The van der Waals surface area contributed by atoms with E-state index in [4.69, 9.17) is 4.74 Å². The van der Waals surface area contributed by atoms with Crippen LogP contribution in [-0.2, 0) is 4.74 Å². The standard InChI is InChI=1S/C12H16BrNO2/c1-8(2)7-16-12(15)14-10-6-4-5-9(3)11(10)13/h4-6,8H,7H2,1-3H3,(H,14,15). The molecule has 0 atom stereocenters. The van der Waals surface area contributed by atoms with Gasteiger partial charge in [0.2, 0.25) is 0 Å². The van der Waals surface area contributed by atoms with Gasteiger partial charge in [-0.2, -0.15) is 0 Å². The number of rotatable bonds is 3. The summed E-state index contributed by atoms with van der Waals surface area (Å²) in [6, 6.07) is 5.68. The van der Waals surface area contributed by atoms with Crippen molar-refractivity contribution in [1.29, 1.82) is 0 Å². The van der Waals surface area contributed by atoms with Crippen molar-refractivity contribution in [2.45, 2.75) is 20.8 Å². The van der Waals surface area contributed by atoms with Crippen molar-refractivity contribution in [3.05, 3.63) is 28.2 Å². The highest BCUT2D eigenvalue weighted by atomic mass is 79.9. The Balaban J connectivity index is 2.59. The summed E-state index contributed by atoms with van der Waals surface area (Å²) in [5.41, 5.74) is 1.80. The number of amides is 1. The fourth-order valence-electron chi connectivity index (χ4n) is 1.13. The SMILES string of the molecule is Cc1cccc(NC(=O)OCC(C)C)c1Br. The third-order valence-corrected chi connectivity index (χ3v) is 3.03. The van der Waals surface area contributed by atoms with Gasteiger partial charge in [0.15, 0.2) is 0 Å². The van der Waals surface area contributed by atoms with E-state index < -0.39 is 6.09 Å². The topological polar surface area (TPSA) is 38.3 Å². The molecule has 0 aliphatic rings. The van der Waals surface area contributed by atoms with Crippen molar-refractivity contribution in [2.75, 3.05) is 11.9 Å². The van der Waals surface area contributed by atoms with Crippen molar-refractivity contribution in [2.24, 2.45) is 5.92 Å². The highest BCUT2D eigenvalue weighted by Crippen LogP contribution is 2.25. The molecule has 0 aromatic heterocycles. The van der Waals surface area contributed by atoms with E-state index in [1.54, 1.807) is 0 Å². The van der Waals surface area contributed by atoms with Gasteiger partial charge in [0.1, 0.15) is 0 Å². The van der Waals surface area contributed by atoms with Crippen molar-refractivity contribution in [1.82, 2.24) is 0 Å². The fraction of sp³-hybridized carbons (Fsp3) is 0.417. The van der Waals surface area contributed by atoms with Gasteiger partial charge in [-0.1, -0.05) is 26.0 Å². The van der Waals surface area contributed by atoms with E-state index in [0.717, 1.165) is 15.7 Å². The molecule has 0 saturated carbocycles.